The highest BCUT2D eigenvalue weighted by Gasteiger charge is 2.19. The van der Waals surface area contributed by atoms with Crippen molar-refractivity contribution >= 4 is 17.9 Å². The molecule has 0 saturated carbocycles. The van der Waals surface area contributed by atoms with Crippen molar-refractivity contribution in [3.63, 3.8) is 0 Å². The quantitative estimate of drug-likeness (QED) is 0.0199. The van der Waals surface area contributed by atoms with E-state index in [0.29, 0.717) is 19.3 Å². The number of ether oxygens (including phenoxy) is 3. The zero-order valence-electron chi connectivity index (χ0n) is 41.8. The topological polar surface area (TPSA) is 78.9 Å². The minimum absolute atomic E-state index is 0.106. The first-order valence-electron chi connectivity index (χ1n) is 26.7. The van der Waals surface area contributed by atoms with E-state index in [1.807, 2.05) is 30.4 Å². The molecule has 0 bridgehead atoms. The fourth-order valence-electron chi connectivity index (χ4n) is 7.23. The molecule has 0 aliphatic carbocycles. The molecule has 0 aliphatic heterocycles. The number of esters is 3. The number of carbonyl (C=O) groups is 3. The van der Waals surface area contributed by atoms with Crippen molar-refractivity contribution in [3.8, 4) is 0 Å². The summed E-state index contributed by atoms with van der Waals surface area (Å²) in [6.07, 6.45) is 67.1. The van der Waals surface area contributed by atoms with Gasteiger partial charge in [-0.3, -0.25) is 14.4 Å². The highest BCUT2D eigenvalue weighted by atomic mass is 16.6. The Bertz CT molecular complexity index is 1250. The van der Waals surface area contributed by atoms with Gasteiger partial charge in [-0.25, -0.2) is 0 Å². The van der Waals surface area contributed by atoms with E-state index in [1.165, 1.54) is 122 Å². The van der Waals surface area contributed by atoms with E-state index in [0.717, 1.165) is 77.0 Å². The number of carbonyl (C=O) groups excluding carboxylic acids is 3. The minimum Gasteiger partial charge on any atom is -0.462 e. The van der Waals surface area contributed by atoms with Crippen LogP contribution in [-0.2, 0) is 28.6 Å². The Morgan fingerprint density at radius 2 is 0.688 bits per heavy atom. The van der Waals surface area contributed by atoms with Gasteiger partial charge in [0.2, 0.25) is 0 Å². The van der Waals surface area contributed by atoms with Crippen LogP contribution in [0.1, 0.15) is 245 Å². The number of rotatable bonds is 47. The molecule has 1 atom stereocenters. The molecule has 6 heteroatoms. The molecule has 1 unspecified atom stereocenters. The summed E-state index contributed by atoms with van der Waals surface area (Å²) in [5, 5.41) is 0. The second-order valence-corrected chi connectivity index (χ2v) is 17.6. The number of hydrogen-bond acceptors (Lipinski definition) is 6. The Hall–Kier alpha value is -3.41. The Balaban J connectivity index is 4.48. The van der Waals surface area contributed by atoms with Crippen molar-refractivity contribution < 1.29 is 28.6 Å². The SMILES string of the molecule is CCC/C=C/C=C/C=C/C=C/C=C/CCCCCCCC(=O)OCC(COC(=O)CC/C=C/C/C=C/CCCCCCCC)OC(=O)CCCCCCCCCCCCCCCCC. The van der Waals surface area contributed by atoms with Crippen molar-refractivity contribution in [2.24, 2.45) is 0 Å². The van der Waals surface area contributed by atoms with E-state index >= 15 is 0 Å². The normalized spacial score (nSPS) is 12.7. The summed E-state index contributed by atoms with van der Waals surface area (Å²) >= 11 is 0. The van der Waals surface area contributed by atoms with Gasteiger partial charge < -0.3 is 14.2 Å². The molecule has 0 heterocycles. The third-order valence-electron chi connectivity index (χ3n) is 11.2. The molecule has 0 aliphatic rings. The molecule has 0 aromatic heterocycles. The Morgan fingerprint density at radius 3 is 1.16 bits per heavy atom. The van der Waals surface area contributed by atoms with Gasteiger partial charge in [-0.15, -0.1) is 0 Å². The van der Waals surface area contributed by atoms with Crippen LogP contribution in [0.25, 0.3) is 0 Å². The molecule has 0 saturated heterocycles. The van der Waals surface area contributed by atoms with Gasteiger partial charge in [-0.05, 0) is 57.8 Å². The summed E-state index contributed by atoms with van der Waals surface area (Å²) in [6.45, 7) is 6.47. The van der Waals surface area contributed by atoms with Crippen LogP contribution in [0.4, 0.5) is 0 Å². The number of allylic oxidation sites excluding steroid dienone is 14. The van der Waals surface area contributed by atoms with Crippen molar-refractivity contribution in [2.45, 2.75) is 252 Å². The summed E-state index contributed by atoms with van der Waals surface area (Å²) in [6, 6.07) is 0. The van der Waals surface area contributed by atoms with E-state index < -0.39 is 6.10 Å². The predicted octanol–water partition coefficient (Wildman–Crippen LogP) is 17.6. The number of unbranched alkanes of at least 4 members (excludes halogenated alkanes) is 26. The monoisotopic (exact) mass is 891 g/mol. The van der Waals surface area contributed by atoms with Crippen LogP contribution in [0, 0.1) is 0 Å². The average Bonchev–Trinajstić information content (AvgIpc) is 3.29. The number of hydrogen-bond donors (Lipinski definition) is 0. The lowest BCUT2D eigenvalue weighted by Crippen LogP contribution is -2.30. The van der Waals surface area contributed by atoms with E-state index in [4.69, 9.17) is 14.2 Å². The minimum atomic E-state index is -0.808. The molecule has 64 heavy (non-hydrogen) atoms. The molecule has 0 fully saturated rings. The van der Waals surface area contributed by atoms with Gasteiger partial charge in [0.1, 0.15) is 13.2 Å². The van der Waals surface area contributed by atoms with Gasteiger partial charge in [-0.2, -0.15) is 0 Å². The van der Waals surface area contributed by atoms with Gasteiger partial charge in [-0.1, -0.05) is 254 Å². The molecule has 0 aromatic rings. The molecule has 0 radical (unpaired) electrons. The van der Waals surface area contributed by atoms with E-state index in [2.05, 4.69) is 75.5 Å². The van der Waals surface area contributed by atoms with Crippen molar-refractivity contribution in [1.29, 1.82) is 0 Å². The maximum atomic E-state index is 12.8. The zero-order chi connectivity index (χ0) is 46.5. The van der Waals surface area contributed by atoms with Crippen LogP contribution in [-0.4, -0.2) is 37.2 Å². The molecule has 0 spiro atoms. The third kappa shape index (κ3) is 49.6. The lowest BCUT2D eigenvalue weighted by atomic mass is 10.0. The highest BCUT2D eigenvalue weighted by molar-refractivity contribution is 5.71. The van der Waals surface area contributed by atoms with Crippen molar-refractivity contribution in [3.05, 3.63) is 85.1 Å². The first-order valence-corrected chi connectivity index (χ1v) is 26.7. The third-order valence-corrected chi connectivity index (χ3v) is 11.2. The van der Waals surface area contributed by atoms with Crippen molar-refractivity contribution in [1.82, 2.24) is 0 Å². The Labute approximate surface area is 395 Å². The second kappa shape index (κ2) is 52.2. The second-order valence-electron chi connectivity index (χ2n) is 17.6. The van der Waals surface area contributed by atoms with Crippen LogP contribution in [0.2, 0.25) is 0 Å². The Morgan fingerprint density at radius 1 is 0.328 bits per heavy atom. The summed E-state index contributed by atoms with van der Waals surface area (Å²) in [5.41, 5.74) is 0. The van der Waals surface area contributed by atoms with E-state index in [1.54, 1.807) is 0 Å². The Kier molecular flexibility index (Phi) is 49.4. The fraction of sp³-hybridized carbons (Fsp3) is 0.707. The first kappa shape index (κ1) is 60.6. The van der Waals surface area contributed by atoms with Crippen LogP contribution < -0.4 is 0 Å². The van der Waals surface area contributed by atoms with Gasteiger partial charge in [0.25, 0.3) is 0 Å². The maximum Gasteiger partial charge on any atom is 0.306 e. The molecule has 6 nitrogen and oxygen atoms in total. The molecular formula is C58H98O6. The van der Waals surface area contributed by atoms with Crippen LogP contribution in [0.5, 0.6) is 0 Å². The van der Waals surface area contributed by atoms with Gasteiger partial charge in [0, 0.05) is 19.3 Å². The van der Waals surface area contributed by atoms with Crippen molar-refractivity contribution in [2.75, 3.05) is 13.2 Å². The van der Waals surface area contributed by atoms with Crippen LogP contribution in [0.3, 0.4) is 0 Å². The summed E-state index contributed by atoms with van der Waals surface area (Å²) in [7, 11) is 0. The molecule has 0 aromatic carbocycles. The zero-order valence-corrected chi connectivity index (χ0v) is 41.8. The molecular weight excluding hydrogens is 793 g/mol. The summed E-state index contributed by atoms with van der Waals surface area (Å²) < 4.78 is 16.7. The van der Waals surface area contributed by atoms with Crippen LogP contribution >= 0.6 is 0 Å². The van der Waals surface area contributed by atoms with Gasteiger partial charge in [0.15, 0.2) is 6.10 Å². The van der Waals surface area contributed by atoms with Gasteiger partial charge in [0.05, 0.1) is 0 Å². The smallest absolute Gasteiger partial charge is 0.306 e. The van der Waals surface area contributed by atoms with Crippen LogP contribution in [0.15, 0.2) is 85.1 Å². The maximum absolute atomic E-state index is 12.8. The van der Waals surface area contributed by atoms with E-state index in [9.17, 15) is 14.4 Å². The molecule has 0 N–H and O–H groups in total. The summed E-state index contributed by atoms with van der Waals surface area (Å²) in [5.74, 6) is -0.995. The standard InChI is InChI=1S/C58H98O6/c1-4-7-10-13-16-19-22-25-27-28-29-31-33-36-39-42-45-48-51-57(60)63-54-55(53-62-56(59)50-47-44-41-38-35-32-24-21-18-15-12-9-6-3)64-58(61)52-49-46-43-40-37-34-30-26-23-20-17-14-11-8-5-2/h10,13,16,19,22,25,27-29,31-32,35,41,44,55H,4-9,11-12,14-15,17-18,20-21,23-24,26,30,33-34,36-40,42-43,45-54H2,1-3H3/b13-10+,19-16+,25-22+,28-27+,31-29+,35-32+,44-41+. The fourth-order valence-corrected chi connectivity index (χ4v) is 7.23. The summed E-state index contributed by atoms with van der Waals surface area (Å²) in [4.78, 5) is 38.0. The predicted molar refractivity (Wildman–Crippen MR) is 274 cm³/mol. The largest absolute Gasteiger partial charge is 0.462 e. The lowest BCUT2D eigenvalue weighted by molar-refractivity contribution is -0.166. The molecule has 0 amide bonds. The first-order chi connectivity index (χ1) is 31.5. The highest BCUT2D eigenvalue weighted by Crippen LogP contribution is 2.15. The average molecular weight is 891 g/mol. The molecule has 0 rings (SSSR count). The lowest BCUT2D eigenvalue weighted by Gasteiger charge is -2.18. The van der Waals surface area contributed by atoms with Gasteiger partial charge >= 0.3 is 17.9 Å². The molecule has 366 valence electrons. The van der Waals surface area contributed by atoms with E-state index in [-0.39, 0.29) is 37.5 Å².